The maximum absolute atomic E-state index is 12.0. The van der Waals surface area contributed by atoms with Crippen LogP contribution < -0.4 is 11.1 Å². The van der Waals surface area contributed by atoms with Crippen LogP contribution in [0.1, 0.15) is 20.9 Å². The van der Waals surface area contributed by atoms with Crippen molar-refractivity contribution in [3.05, 3.63) is 34.5 Å². The molecule has 0 saturated heterocycles. The molecule has 2 aromatic heterocycles. The fourth-order valence-corrected chi connectivity index (χ4v) is 2.14. The topological polar surface area (TPSA) is 80.9 Å². The van der Waals surface area contributed by atoms with Crippen LogP contribution in [0.3, 0.4) is 0 Å². The van der Waals surface area contributed by atoms with E-state index in [1.165, 1.54) is 11.3 Å². The summed E-state index contributed by atoms with van der Waals surface area (Å²) in [4.78, 5) is 20.6. The molecule has 88 valence electrons. The van der Waals surface area contributed by atoms with Crippen molar-refractivity contribution < 1.29 is 4.79 Å². The maximum atomic E-state index is 12.0. The fourth-order valence-electron chi connectivity index (χ4n) is 1.41. The quantitative estimate of drug-likeness (QED) is 0.851. The highest BCUT2D eigenvalue weighted by Gasteiger charge is 2.15. The lowest BCUT2D eigenvalue weighted by atomic mass is 10.3. The molecule has 0 atom stereocenters. The summed E-state index contributed by atoms with van der Waals surface area (Å²) < 4.78 is 0. The molecule has 0 aliphatic carbocycles. The van der Waals surface area contributed by atoms with Crippen LogP contribution in [0.15, 0.2) is 18.3 Å². The van der Waals surface area contributed by atoms with Crippen molar-refractivity contribution in [2.24, 2.45) is 0 Å². The number of nitrogen functional groups attached to an aromatic ring is 1. The van der Waals surface area contributed by atoms with E-state index in [9.17, 15) is 4.79 Å². The Morgan fingerprint density at radius 1 is 1.47 bits per heavy atom. The van der Waals surface area contributed by atoms with E-state index < -0.39 is 0 Å². The van der Waals surface area contributed by atoms with Crippen molar-refractivity contribution in [2.45, 2.75) is 13.8 Å². The Hall–Kier alpha value is -1.95. The molecule has 0 saturated carbocycles. The van der Waals surface area contributed by atoms with Gasteiger partial charge in [0.15, 0.2) is 5.13 Å². The monoisotopic (exact) mass is 248 g/mol. The smallest absolute Gasteiger partial charge is 0.268 e. The minimum Gasteiger partial charge on any atom is -0.375 e. The van der Waals surface area contributed by atoms with Crippen molar-refractivity contribution in [3.63, 3.8) is 0 Å². The summed E-state index contributed by atoms with van der Waals surface area (Å²) in [6, 6.07) is 3.71. The second-order valence-electron chi connectivity index (χ2n) is 3.59. The van der Waals surface area contributed by atoms with Gasteiger partial charge in [-0.15, -0.1) is 0 Å². The lowest BCUT2D eigenvalue weighted by Crippen LogP contribution is -2.13. The number of pyridine rings is 1. The number of thiazole rings is 1. The highest BCUT2D eigenvalue weighted by atomic mass is 32.1. The average molecular weight is 248 g/mol. The van der Waals surface area contributed by atoms with E-state index in [2.05, 4.69) is 15.3 Å². The average Bonchev–Trinajstić information content (AvgIpc) is 2.61. The summed E-state index contributed by atoms with van der Waals surface area (Å²) >= 11 is 1.17. The maximum Gasteiger partial charge on any atom is 0.268 e. The van der Waals surface area contributed by atoms with Crippen molar-refractivity contribution in [1.29, 1.82) is 0 Å². The standard InChI is InChI=1S/C11H12N4OS/c1-6-4-3-5-13-9(6)15-10(16)8-7(2)14-11(12)17-8/h3-5H,1-2H3,(H2,12,14)(H,13,15,16). The van der Waals surface area contributed by atoms with Gasteiger partial charge in [0.05, 0.1) is 5.69 Å². The molecule has 0 radical (unpaired) electrons. The van der Waals surface area contributed by atoms with Gasteiger partial charge in [-0.25, -0.2) is 9.97 Å². The molecule has 17 heavy (non-hydrogen) atoms. The Kier molecular flexibility index (Phi) is 3.06. The number of nitrogens with one attached hydrogen (secondary N) is 1. The summed E-state index contributed by atoms with van der Waals surface area (Å²) in [6.07, 6.45) is 1.64. The Balaban J connectivity index is 2.23. The van der Waals surface area contributed by atoms with Gasteiger partial charge in [-0.2, -0.15) is 0 Å². The lowest BCUT2D eigenvalue weighted by molar-refractivity contribution is 0.102. The first kappa shape index (κ1) is 11.5. The molecule has 0 aliphatic heterocycles. The van der Waals surface area contributed by atoms with Crippen LogP contribution in [0.25, 0.3) is 0 Å². The van der Waals surface area contributed by atoms with Gasteiger partial charge in [0.2, 0.25) is 0 Å². The number of hydrogen-bond acceptors (Lipinski definition) is 5. The van der Waals surface area contributed by atoms with Crippen molar-refractivity contribution in [2.75, 3.05) is 11.1 Å². The Bertz CT molecular complexity index is 564. The number of nitrogens with two attached hydrogens (primary N) is 1. The highest BCUT2D eigenvalue weighted by Crippen LogP contribution is 2.21. The molecule has 0 spiro atoms. The van der Waals surface area contributed by atoms with Gasteiger partial charge < -0.3 is 11.1 Å². The third kappa shape index (κ3) is 2.42. The predicted molar refractivity (Wildman–Crippen MR) is 68.2 cm³/mol. The van der Waals surface area contributed by atoms with E-state index in [-0.39, 0.29) is 5.91 Å². The SMILES string of the molecule is Cc1cccnc1NC(=O)c1sc(N)nc1C. The van der Waals surface area contributed by atoms with Crippen LogP contribution >= 0.6 is 11.3 Å². The van der Waals surface area contributed by atoms with E-state index >= 15 is 0 Å². The Morgan fingerprint density at radius 3 is 2.82 bits per heavy atom. The molecule has 0 unspecified atom stereocenters. The van der Waals surface area contributed by atoms with E-state index in [1.807, 2.05) is 19.1 Å². The Labute approximate surface area is 103 Å². The van der Waals surface area contributed by atoms with Crippen LogP contribution in [-0.2, 0) is 0 Å². The molecule has 0 aromatic carbocycles. The number of rotatable bonds is 2. The second-order valence-corrected chi connectivity index (χ2v) is 4.62. The lowest BCUT2D eigenvalue weighted by Gasteiger charge is -2.05. The molecule has 2 aromatic rings. The first-order chi connectivity index (χ1) is 8.08. The number of carbonyl (C=O) groups excluding carboxylic acids is 1. The number of nitrogens with zero attached hydrogens (tertiary/aromatic N) is 2. The number of hydrogen-bond donors (Lipinski definition) is 2. The summed E-state index contributed by atoms with van der Waals surface area (Å²) in [5, 5.41) is 3.14. The summed E-state index contributed by atoms with van der Waals surface area (Å²) in [5.74, 6) is 0.336. The fraction of sp³-hybridized carbons (Fsp3) is 0.182. The number of aromatic nitrogens is 2. The summed E-state index contributed by atoms with van der Waals surface area (Å²) in [5.41, 5.74) is 7.10. The number of amides is 1. The van der Waals surface area contributed by atoms with Crippen LogP contribution in [-0.4, -0.2) is 15.9 Å². The first-order valence-corrected chi connectivity index (χ1v) is 5.85. The van der Waals surface area contributed by atoms with E-state index in [4.69, 9.17) is 5.73 Å². The molecule has 0 fully saturated rings. The van der Waals surface area contributed by atoms with Gasteiger partial charge in [0.25, 0.3) is 5.91 Å². The molecule has 6 heteroatoms. The van der Waals surface area contributed by atoms with E-state index in [0.717, 1.165) is 5.56 Å². The highest BCUT2D eigenvalue weighted by molar-refractivity contribution is 7.17. The zero-order valence-corrected chi connectivity index (χ0v) is 10.3. The Morgan fingerprint density at radius 2 is 2.24 bits per heavy atom. The molecule has 5 nitrogen and oxygen atoms in total. The van der Waals surface area contributed by atoms with Crippen LogP contribution in [0.4, 0.5) is 10.9 Å². The normalized spacial score (nSPS) is 10.2. The zero-order valence-electron chi connectivity index (χ0n) is 9.52. The van der Waals surface area contributed by atoms with E-state index in [0.29, 0.717) is 21.5 Å². The van der Waals surface area contributed by atoms with Gasteiger partial charge in [0, 0.05) is 6.20 Å². The number of aryl methyl sites for hydroxylation is 2. The van der Waals surface area contributed by atoms with E-state index in [1.54, 1.807) is 13.1 Å². The molecular formula is C11H12N4OS. The van der Waals surface area contributed by atoms with Gasteiger partial charge >= 0.3 is 0 Å². The van der Waals surface area contributed by atoms with Gasteiger partial charge in [-0.3, -0.25) is 4.79 Å². The third-order valence-corrected chi connectivity index (χ3v) is 3.25. The number of carbonyl (C=O) groups is 1. The van der Waals surface area contributed by atoms with Crippen LogP contribution in [0.2, 0.25) is 0 Å². The van der Waals surface area contributed by atoms with Gasteiger partial charge in [-0.1, -0.05) is 17.4 Å². The molecular weight excluding hydrogens is 236 g/mol. The van der Waals surface area contributed by atoms with Crippen LogP contribution in [0.5, 0.6) is 0 Å². The molecule has 0 bridgehead atoms. The molecule has 1 amide bonds. The minimum atomic E-state index is -0.224. The molecule has 2 heterocycles. The van der Waals surface area contributed by atoms with Gasteiger partial charge in [0.1, 0.15) is 10.7 Å². The molecule has 0 aliphatic rings. The largest absolute Gasteiger partial charge is 0.375 e. The van der Waals surface area contributed by atoms with Gasteiger partial charge in [-0.05, 0) is 25.5 Å². The molecule has 3 N–H and O–H groups in total. The summed E-state index contributed by atoms with van der Waals surface area (Å²) in [6.45, 7) is 3.64. The van der Waals surface area contributed by atoms with Crippen molar-refractivity contribution in [3.8, 4) is 0 Å². The number of anilines is 2. The van der Waals surface area contributed by atoms with Crippen LogP contribution in [0, 0.1) is 13.8 Å². The zero-order chi connectivity index (χ0) is 12.4. The minimum absolute atomic E-state index is 0.224. The molecule has 2 rings (SSSR count). The third-order valence-electron chi connectivity index (χ3n) is 2.26. The van der Waals surface area contributed by atoms with Crippen molar-refractivity contribution >= 4 is 28.2 Å². The predicted octanol–water partition coefficient (Wildman–Crippen LogP) is 1.99. The van der Waals surface area contributed by atoms with Crippen molar-refractivity contribution in [1.82, 2.24) is 9.97 Å². The summed E-state index contributed by atoms with van der Waals surface area (Å²) in [7, 11) is 0. The second kappa shape index (κ2) is 4.50. The first-order valence-electron chi connectivity index (χ1n) is 5.04.